The first kappa shape index (κ1) is 14.0. The summed E-state index contributed by atoms with van der Waals surface area (Å²) in [6.07, 6.45) is 3.35. The fourth-order valence-corrected chi connectivity index (χ4v) is 2.80. The van der Waals surface area contributed by atoms with Gasteiger partial charge >= 0.3 is 0 Å². The van der Waals surface area contributed by atoms with Gasteiger partial charge in [-0.15, -0.1) is 0 Å². The van der Waals surface area contributed by atoms with Gasteiger partial charge in [0.25, 0.3) is 5.91 Å². The summed E-state index contributed by atoms with van der Waals surface area (Å²) in [5.41, 5.74) is 3.65. The van der Waals surface area contributed by atoms with E-state index >= 15 is 0 Å². The van der Waals surface area contributed by atoms with Gasteiger partial charge in [0, 0.05) is 42.7 Å². The van der Waals surface area contributed by atoms with Crippen LogP contribution in [0.5, 0.6) is 0 Å². The van der Waals surface area contributed by atoms with Crippen LogP contribution < -0.4 is 0 Å². The predicted octanol–water partition coefficient (Wildman–Crippen LogP) is 2.89. The van der Waals surface area contributed by atoms with Crippen molar-refractivity contribution in [1.82, 2.24) is 14.9 Å². The number of halogens is 1. The Bertz CT molecular complexity index is 687. The molecule has 1 amide bonds. The van der Waals surface area contributed by atoms with Crippen LogP contribution in [0.1, 0.15) is 34.2 Å². The number of aryl methyl sites for hydroxylation is 1. The highest BCUT2D eigenvalue weighted by Gasteiger charge is 2.22. The van der Waals surface area contributed by atoms with E-state index in [0.717, 1.165) is 29.8 Å². The van der Waals surface area contributed by atoms with Crippen LogP contribution >= 0.6 is 11.6 Å². The first-order valence-corrected chi connectivity index (χ1v) is 7.43. The van der Waals surface area contributed by atoms with Gasteiger partial charge in [-0.25, -0.2) is 4.98 Å². The summed E-state index contributed by atoms with van der Waals surface area (Å²) in [4.78, 5) is 23.1. The predicted molar refractivity (Wildman–Crippen MR) is 81.3 cm³/mol. The highest BCUT2D eigenvalue weighted by atomic mass is 35.5. The minimum atomic E-state index is 0.00324. The lowest BCUT2D eigenvalue weighted by molar-refractivity contribution is 0.0733. The minimum Gasteiger partial charge on any atom is -0.334 e. The summed E-state index contributed by atoms with van der Waals surface area (Å²) < 4.78 is 0. The third-order valence-electron chi connectivity index (χ3n) is 3.71. The van der Waals surface area contributed by atoms with E-state index in [0.29, 0.717) is 23.8 Å². The number of carbonyl (C=O) groups excluding carboxylic acids is 1. The molecule has 0 saturated heterocycles. The van der Waals surface area contributed by atoms with Crippen molar-refractivity contribution in [3.8, 4) is 0 Å². The molecule has 1 aliphatic rings. The number of rotatable bonds is 2. The van der Waals surface area contributed by atoms with E-state index in [1.54, 1.807) is 12.3 Å². The molecule has 3 heterocycles. The molecule has 0 saturated carbocycles. The molecule has 0 radical (unpaired) electrons. The maximum Gasteiger partial charge on any atom is 0.254 e. The van der Waals surface area contributed by atoms with Crippen LogP contribution in [0.4, 0.5) is 0 Å². The Balaban J connectivity index is 1.85. The summed E-state index contributed by atoms with van der Waals surface area (Å²) in [5, 5.41) is 0.372. The molecular weight excluding hydrogens is 286 g/mol. The molecule has 3 rings (SSSR count). The third kappa shape index (κ3) is 2.90. The number of amides is 1. The normalized spacial score (nSPS) is 13.9. The van der Waals surface area contributed by atoms with Gasteiger partial charge in [0.2, 0.25) is 0 Å². The average molecular weight is 302 g/mol. The van der Waals surface area contributed by atoms with Crippen molar-refractivity contribution in [2.75, 3.05) is 6.54 Å². The SMILES string of the molecule is CCc1cc(C(=O)N2CCc3ncccc3C2)cc(Cl)n1. The summed E-state index contributed by atoms with van der Waals surface area (Å²) in [6.45, 7) is 3.28. The third-order valence-corrected chi connectivity index (χ3v) is 3.90. The number of fused-ring (bicyclic) bond motifs is 1. The molecule has 21 heavy (non-hydrogen) atoms. The van der Waals surface area contributed by atoms with Crippen LogP contribution in [0.2, 0.25) is 5.15 Å². The molecule has 1 aliphatic heterocycles. The molecule has 0 aliphatic carbocycles. The number of hydrogen-bond donors (Lipinski definition) is 0. The Labute approximate surface area is 128 Å². The topological polar surface area (TPSA) is 46.1 Å². The van der Waals surface area contributed by atoms with Crippen molar-refractivity contribution in [1.29, 1.82) is 0 Å². The van der Waals surface area contributed by atoms with Gasteiger partial charge in [-0.3, -0.25) is 9.78 Å². The molecule has 2 aromatic rings. The molecule has 0 spiro atoms. The largest absolute Gasteiger partial charge is 0.334 e. The minimum absolute atomic E-state index is 0.00324. The number of hydrogen-bond acceptors (Lipinski definition) is 3. The zero-order valence-corrected chi connectivity index (χ0v) is 12.6. The number of carbonyl (C=O) groups is 1. The van der Waals surface area contributed by atoms with Crippen molar-refractivity contribution >= 4 is 17.5 Å². The standard InChI is InChI=1S/C16H16ClN3O/c1-2-13-8-12(9-15(17)19-13)16(21)20-7-5-14-11(10-20)4-3-6-18-14/h3-4,6,8-9H,2,5,7,10H2,1H3. The summed E-state index contributed by atoms with van der Waals surface area (Å²) in [5.74, 6) is 0.00324. The molecule has 4 nitrogen and oxygen atoms in total. The van der Waals surface area contributed by atoms with Crippen LogP contribution in [0, 0.1) is 0 Å². The van der Waals surface area contributed by atoms with E-state index in [2.05, 4.69) is 9.97 Å². The Morgan fingerprint density at radius 2 is 2.29 bits per heavy atom. The van der Waals surface area contributed by atoms with E-state index < -0.39 is 0 Å². The van der Waals surface area contributed by atoms with Gasteiger partial charge in [0.05, 0.1) is 0 Å². The lowest BCUT2D eigenvalue weighted by atomic mass is 10.0. The van der Waals surface area contributed by atoms with Crippen LogP contribution in [0.15, 0.2) is 30.5 Å². The van der Waals surface area contributed by atoms with Gasteiger partial charge in [0.1, 0.15) is 5.15 Å². The molecule has 0 fully saturated rings. The van der Waals surface area contributed by atoms with E-state index in [1.807, 2.05) is 30.0 Å². The maximum atomic E-state index is 12.6. The fourth-order valence-electron chi connectivity index (χ4n) is 2.58. The molecule has 0 N–H and O–H groups in total. The maximum absolute atomic E-state index is 12.6. The van der Waals surface area contributed by atoms with E-state index in [4.69, 9.17) is 11.6 Å². The zero-order valence-electron chi connectivity index (χ0n) is 11.8. The van der Waals surface area contributed by atoms with E-state index in [1.165, 1.54) is 0 Å². The Morgan fingerprint density at radius 3 is 3.10 bits per heavy atom. The number of aromatic nitrogens is 2. The lowest BCUT2D eigenvalue weighted by Crippen LogP contribution is -2.36. The van der Waals surface area contributed by atoms with Crippen LogP contribution in [-0.2, 0) is 19.4 Å². The monoisotopic (exact) mass is 301 g/mol. The zero-order chi connectivity index (χ0) is 14.8. The van der Waals surface area contributed by atoms with Crippen molar-refractivity contribution in [2.45, 2.75) is 26.3 Å². The molecule has 2 aromatic heterocycles. The second kappa shape index (κ2) is 5.82. The Hall–Kier alpha value is -1.94. The van der Waals surface area contributed by atoms with E-state index in [9.17, 15) is 4.79 Å². The van der Waals surface area contributed by atoms with Gasteiger partial charge in [0.15, 0.2) is 0 Å². The van der Waals surface area contributed by atoms with Crippen LogP contribution in [0.3, 0.4) is 0 Å². The van der Waals surface area contributed by atoms with E-state index in [-0.39, 0.29) is 5.91 Å². The van der Waals surface area contributed by atoms with Crippen molar-refractivity contribution in [2.24, 2.45) is 0 Å². The molecule has 0 bridgehead atoms. The van der Waals surface area contributed by atoms with Crippen molar-refractivity contribution in [3.05, 3.63) is 58.1 Å². The molecule has 0 atom stereocenters. The first-order chi connectivity index (χ1) is 10.2. The lowest BCUT2D eigenvalue weighted by Gasteiger charge is -2.28. The summed E-state index contributed by atoms with van der Waals surface area (Å²) >= 11 is 6.00. The quantitative estimate of drug-likeness (QED) is 0.801. The molecule has 0 aromatic carbocycles. The van der Waals surface area contributed by atoms with Crippen molar-refractivity contribution in [3.63, 3.8) is 0 Å². The molecule has 5 heteroatoms. The highest BCUT2D eigenvalue weighted by Crippen LogP contribution is 2.20. The fraction of sp³-hybridized carbons (Fsp3) is 0.312. The van der Waals surface area contributed by atoms with Gasteiger partial charge in [-0.1, -0.05) is 24.6 Å². The Kier molecular flexibility index (Phi) is 3.88. The summed E-state index contributed by atoms with van der Waals surface area (Å²) in [7, 11) is 0. The summed E-state index contributed by atoms with van der Waals surface area (Å²) in [6, 6.07) is 7.40. The van der Waals surface area contributed by atoms with Crippen molar-refractivity contribution < 1.29 is 4.79 Å². The number of nitrogens with zero attached hydrogens (tertiary/aromatic N) is 3. The van der Waals surface area contributed by atoms with Gasteiger partial charge in [-0.05, 0) is 30.2 Å². The highest BCUT2D eigenvalue weighted by molar-refractivity contribution is 6.29. The molecule has 108 valence electrons. The van der Waals surface area contributed by atoms with Gasteiger partial charge in [-0.2, -0.15) is 0 Å². The van der Waals surface area contributed by atoms with Crippen LogP contribution in [-0.4, -0.2) is 27.3 Å². The first-order valence-electron chi connectivity index (χ1n) is 7.06. The van der Waals surface area contributed by atoms with Gasteiger partial charge < -0.3 is 4.90 Å². The second-order valence-electron chi connectivity index (χ2n) is 5.11. The van der Waals surface area contributed by atoms with Crippen LogP contribution in [0.25, 0.3) is 0 Å². The second-order valence-corrected chi connectivity index (χ2v) is 5.50. The molecule has 0 unspecified atom stereocenters. The number of pyridine rings is 2. The Morgan fingerprint density at radius 1 is 1.43 bits per heavy atom. The average Bonchev–Trinajstić information content (AvgIpc) is 2.53. The smallest absolute Gasteiger partial charge is 0.254 e. The molecular formula is C16H16ClN3O.